The zero-order chi connectivity index (χ0) is 28.6. The SMILES string of the molecule is CC(C)C(NS(=O)c1ccc(-c2ccc(COc3ccc(Oc4ccccc4)cc3)cc2)cc1C(F)F)C(=O)O. The molecule has 2 unspecified atom stereocenters. The first-order valence-corrected chi connectivity index (χ1v) is 13.7. The van der Waals surface area contributed by atoms with E-state index in [-0.39, 0.29) is 10.8 Å². The Morgan fingerprint density at radius 2 is 1.45 bits per heavy atom. The van der Waals surface area contributed by atoms with Crippen molar-refractivity contribution < 1.29 is 32.4 Å². The van der Waals surface area contributed by atoms with Crippen LogP contribution in [-0.2, 0) is 22.4 Å². The summed E-state index contributed by atoms with van der Waals surface area (Å²) in [5, 5.41) is 9.34. The van der Waals surface area contributed by atoms with Crippen LogP contribution >= 0.6 is 0 Å². The average Bonchev–Trinajstić information content (AvgIpc) is 2.95. The molecule has 2 N–H and O–H groups in total. The molecule has 0 saturated heterocycles. The maximum absolute atomic E-state index is 13.9. The zero-order valence-corrected chi connectivity index (χ0v) is 22.7. The first kappa shape index (κ1) is 28.9. The molecule has 2 atom stereocenters. The second-order valence-corrected chi connectivity index (χ2v) is 10.6. The standard InChI is InChI=1S/C31H29F2NO5S/c1-20(2)29(31(35)36)34-40(37)28-17-12-23(18-27(28)30(32)33)22-10-8-21(9-11-22)19-38-24-13-15-26(16-14-24)39-25-6-4-3-5-7-25/h3-18,20,29-30,34H,19H2,1-2H3,(H,35,36). The van der Waals surface area contributed by atoms with Crippen LogP contribution in [0, 0.1) is 5.92 Å². The van der Waals surface area contributed by atoms with Crippen molar-refractivity contribution in [1.29, 1.82) is 0 Å². The quantitative estimate of drug-likeness (QED) is 0.187. The maximum atomic E-state index is 13.9. The molecule has 0 aromatic heterocycles. The first-order valence-electron chi connectivity index (χ1n) is 12.6. The summed E-state index contributed by atoms with van der Waals surface area (Å²) in [5.74, 6) is 0.529. The third-order valence-electron chi connectivity index (χ3n) is 6.11. The van der Waals surface area contributed by atoms with Crippen LogP contribution in [0.3, 0.4) is 0 Å². The predicted molar refractivity (Wildman–Crippen MR) is 150 cm³/mol. The van der Waals surface area contributed by atoms with Gasteiger partial charge in [-0.25, -0.2) is 17.7 Å². The molecule has 4 rings (SSSR count). The second-order valence-electron chi connectivity index (χ2n) is 9.37. The van der Waals surface area contributed by atoms with Crippen LogP contribution in [0.5, 0.6) is 17.2 Å². The largest absolute Gasteiger partial charge is 0.489 e. The third kappa shape index (κ3) is 7.52. The van der Waals surface area contributed by atoms with E-state index in [4.69, 9.17) is 9.47 Å². The molecule has 0 fully saturated rings. The Kier molecular flexibility index (Phi) is 9.63. The number of carbonyl (C=O) groups is 1. The van der Waals surface area contributed by atoms with Crippen molar-refractivity contribution in [2.75, 3.05) is 0 Å². The van der Waals surface area contributed by atoms with E-state index in [1.54, 1.807) is 32.0 Å². The van der Waals surface area contributed by atoms with Gasteiger partial charge in [0.05, 0.1) is 4.90 Å². The van der Waals surface area contributed by atoms with E-state index in [0.29, 0.717) is 29.2 Å². The number of rotatable bonds is 12. The van der Waals surface area contributed by atoms with Crippen molar-refractivity contribution in [3.8, 4) is 28.4 Å². The van der Waals surface area contributed by atoms with E-state index < -0.39 is 35.0 Å². The molecular formula is C31H29F2NO5S. The molecule has 0 saturated carbocycles. The summed E-state index contributed by atoms with van der Waals surface area (Å²) in [6.45, 7) is 3.60. The minimum atomic E-state index is -2.89. The minimum Gasteiger partial charge on any atom is -0.489 e. The fourth-order valence-corrected chi connectivity index (χ4v) is 5.19. The van der Waals surface area contributed by atoms with Gasteiger partial charge in [-0.15, -0.1) is 0 Å². The lowest BCUT2D eigenvalue weighted by Crippen LogP contribution is -2.42. The third-order valence-corrected chi connectivity index (χ3v) is 7.35. The van der Waals surface area contributed by atoms with Gasteiger partial charge in [-0.2, -0.15) is 0 Å². The van der Waals surface area contributed by atoms with E-state index in [0.717, 1.165) is 11.3 Å². The molecule has 0 heterocycles. The number of benzene rings is 4. The molecule has 9 heteroatoms. The van der Waals surface area contributed by atoms with Gasteiger partial charge in [0.2, 0.25) is 0 Å². The highest BCUT2D eigenvalue weighted by atomic mass is 32.2. The van der Waals surface area contributed by atoms with Crippen LogP contribution in [0.2, 0.25) is 0 Å². The molecule has 40 heavy (non-hydrogen) atoms. The van der Waals surface area contributed by atoms with Gasteiger partial charge < -0.3 is 14.6 Å². The summed E-state index contributed by atoms with van der Waals surface area (Å²) in [4.78, 5) is 11.3. The number of carboxylic acids is 1. The van der Waals surface area contributed by atoms with Crippen molar-refractivity contribution in [2.45, 2.75) is 37.8 Å². The topological polar surface area (TPSA) is 84.9 Å². The van der Waals surface area contributed by atoms with Gasteiger partial charge in [-0.1, -0.05) is 62.4 Å². The molecule has 0 amide bonds. The Morgan fingerprint density at radius 1 is 0.850 bits per heavy atom. The number of nitrogens with one attached hydrogen (secondary N) is 1. The van der Waals surface area contributed by atoms with Crippen molar-refractivity contribution in [1.82, 2.24) is 4.72 Å². The first-order chi connectivity index (χ1) is 19.2. The molecule has 0 bridgehead atoms. The second kappa shape index (κ2) is 13.3. The van der Waals surface area contributed by atoms with Gasteiger partial charge in [0, 0.05) is 5.56 Å². The Morgan fingerprint density at radius 3 is 2.05 bits per heavy atom. The van der Waals surface area contributed by atoms with Crippen LogP contribution in [-0.4, -0.2) is 21.3 Å². The van der Waals surface area contributed by atoms with Gasteiger partial charge in [-0.05, 0) is 71.1 Å². The van der Waals surface area contributed by atoms with E-state index in [2.05, 4.69) is 4.72 Å². The zero-order valence-electron chi connectivity index (χ0n) is 21.9. The molecule has 0 radical (unpaired) electrons. The van der Waals surface area contributed by atoms with Crippen molar-refractivity contribution >= 4 is 17.0 Å². The molecule has 0 aliphatic rings. The molecule has 4 aromatic rings. The van der Waals surface area contributed by atoms with Crippen LogP contribution < -0.4 is 14.2 Å². The lowest BCUT2D eigenvalue weighted by atomic mass is 10.0. The normalized spacial score (nSPS) is 12.8. The number of alkyl halides is 2. The van der Waals surface area contributed by atoms with Crippen LogP contribution in [0.25, 0.3) is 11.1 Å². The minimum absolute atomic E-state index is 0.143. The number of hydrogen-bond donors (Lipinski definition) is 2. The lowest BCUT2D eigenvalue weighted by molar-refractivity contribution is -0.140. The summed E-state index contributed by atoms with van der Waals surface area (Å²) in [6.07, 6.45) is -2.89. The summed E-state index contributed by atoms with van der Waals surface area (Å²) in [6, 6.07) is 27.1. The molecule has 0 aliphatic heterocycles. The highest BCUT2D eigenvalue weighted by Gasteiger charge is 2.26. The van der Waals surface area contributed by atoms with Gasteiger partial charge in [0.1, 0.15) is 40.9 Å². The van der Waals surface area contributed by atoms with E-state index in [9.17, 15) is 22.9 Å². The van der Waals surface area contributed by atoms with Gasteiger partial charge in [0.15, 0.2) is 0 Å². The number of carboxylic acid groups (broad SMARTS) is 1. The van der Waals surface area contributed by atoms with Crippen LogP contribution in [0.1, 0.15) is 31.4 Å². The highest BCUT2D eigenvalue weighted by Crippen LogP contribution is 2.31. The summed E-state index contributed by atoms with van der Waals surface area (Å²) < 4.78 is 54.6. The number of ether oxygens (including phenoxy) is 2. The average molecular weight is 566 g/mol. The van der Waals surface area contributed by atoms with Crippen LogP contribution in [0.15, 0.2) is 102 Å². The lowest BCUT2D eigenvalue weighted by Gasteiger charge is -2.19. The fourth-order valence-electron chi connectivity index (χ4n) is 3.91. The monoisotopic (exact) mass is 565 g/mol. The smallest absolute Gasteiger partial charge is 0.321 e. The van der Waals surface area contributed by atoms with Gasteiger partial charge >= 0.3 is 5.97 Å². The molecule has 4 aromatic carbocycles. The van der Waals surface area contributed by atoms with E-state index in [1.807, 2.05) is 66.7 Å². The number of para-hydroxylation sites is 1. The maximum Gasteiger partial charge on any atom is 0.321 e. The molecule has 208 valence electrons. The van der Waals surface area contributed by atoms with E-state index in [1.165, 1.54) is 12.1 Å². The Labute approximate surface area is 234 Å². The number of halogens is 2. The summed E-state index contributed by atoms with van der Waals surface area (Å²) in [5.41, 5.74) is 1.70. The number of hydrogen-bond acceptors (Lipinski definition) is 4. The van der Waals surface area contributed by atoms with E-state index >= 15 is 0 Å². The molecular weight excluding hydrogens is 536 g/mol. The Hall–Kier alpha value is -4.08. The van der Waals surface area contributed by atoms with Gasteiger partial charge in [0.25, 0.3) is 6.43 Å². The highest BCUT2D eigenvalue weighted by molar-refractivity contribution is 7.83. The number of aliphatic carboxylic acids is 1. The Bertz CT molecular complexity index is 1450. The molecule has 6 nitrogen and oxygen atoms in total. The van der Waals surface area contributed by atoms with Crippen LogP contribution in [0.4, 0.5) is 8.78 Å². The summed E-state index contributed by atoms with van der Waals surface area (Å²) in [7, 11) is -2.12. The Balaban J connectivity index is 1.41. The van der Waals surface area contributed by atoms with Crippen molar-refractivity contribution in [3.05, 3.63) is 108 Å². The van der Waals surface area contributed by atoms with Crippen molar-refractivity contribution in [3.63, 3.8) is 0 Å². The van der Waals surface area contributed by atoms with Crippen molar-refractivity contribution in [2.24, 2.45) is 5.92 Å². The summed E-state index contributed by atoms with van der Waals surface area (Å²) >= 11 is 0. The van der Waals surface area contributed by atoms with Gasteiger partial charge in [-0.3, -0.25) is 4.79 Å². The molecule has 0 spiro atoms. The fraction of sp³-hybridized carbons (Fsp3) is 0.194. The predicted octanol–water partition coefficient (Wildman–Crippen LogP) is 7.38. The molecule has 0 aliphatic carbocycles.